The Bertz CT molecular complexity index is 1190. The Morgan fingerprint density at radius 1 is 1.15 bits per heavy atom. The second-order valence-corrected chi connectivity index (χ2v) is 9.08. The first-order valence-electron chi connectivity index (χ1n) is 11.0. The zero-order valence-corrected chi connectivity index (χ0v) is 19.4. The highest BCUT2D eigenvalue weighted by molar-refractivity contribution is 6.45. The van der Waals surface area contributed by atoms with Crippen molar-refractivity contribution < 1.29 is 14.3 Å². The Morgan fingerprint density at radius 3 is 2.82 bits per heavy atom. The van der Waals surface area contributed by atoms with E-state index in [-0.39, 0.29) is 11.9 Å². The maximum atomic E-state index is 13.6. The average Bonchev–Trinajstić information content (AvgIpc) is 3.54. The predicted octanol–water partition coefficient (Wildman–Crippen LogP) is 4.21. The van der Waals surface area contributed by atoms with Gasteiger partial charge in [-0.15, -0.1) is 0 Å². The van der Waals surface area contributed by atoms with E-state index < -0.39 is 6.23 Å². The number of benzene rings is 1. The lowest BCUT2D eigenvalue weighted by molar-refractivity contribution is -0.159. The summed E-state index contributed by atoms with van der Waals surface area (Å²) in [5.74, 6) is 0.610. The van der Waals surface area contributed by atoms with Gasteiger partial charge in [-0.3, -0.25) is 9.59 Å². The van der Waals surface area contributed by atoms with E-state index in [2.05, 4.69) is 4.98 Å². The van der Waals surface area contributed by atoms with Crippen LogP contribution in [0.5, 0.6) is 0 Å². The number of piperidine rings is 1. The Morgan fingerprint density at radius 2 is 2.03 bits per heavy atom. The number of nitrogens with zero attached hydrogens (tertiary/aromatic N) is 5. The molecular formula is C23H23Cl2N5O3. The van der Waals surface area contributed by atoms with Crippen LogP contribution in [-0.2, 0) is 14.3 Å². The lowest BCUT2D eigenvalue weighted by Gasteiger charge is -2.37. The van der Waals surface area contributed by atoms with E-state index in [0.29, 0.717) is 53.8 Å². The minimum atomic E-state index is -0.509. The molecule has 2 fully saturated rings. The van der Waals surface area contributed by atoms with Crippen LogP contribution >= 0.6 is 23.2 Å². The number of imidazole rings is 1. The number of carbonyl (C=O) groups is 2. The van der Waals surface area contributed by atoms with Crippen LogP contribution in [0.1, 0.15) is 32.1 Å². The fourth-order valence-corrected chi connectivity index (χ4v) is 5.17. The number of likely N-dealkylation sites (tertiary alicyclic amines) is 1. The van der Waals surface area contributed by atoms with Crippen LogP contribution in [0.25, 0.3) is 16.6 Å². The van der Waals surface area contributed by atoms with Gasteiger partial charge in [-0.05, 0) is 37.8 Å². The smallest absolute Gasteiger partial charge is 0.295 e. The summed E-state index contributed by atoms with van der Waals surface area (Å²) in [5.41, 5.74) is 1.42. The van der Waals surface area contributed by atoms with Gasteiger partial charge in [0, 0.05) is 43.4 Å². The Balaban J connectivity index is 1.56. The summed E-state index contributed by atoms with van der Waals surface area (Å²) in [4.78, 5) is 37.3. The molecular weight excluding hydrogens is 465 g/mol. The number of hydrogen-bond donors (Lipinski definition) is 0. The van der Waals surface area contributed by atoms with E-state index in [1.165, 1.54) is 0 Å². The molecule has 2 atom stereocenters. The highest BCUT2D eigenvalue weighted by atomic mass is 35.5. The van der Waals surface area contributed by atoms with Crippen molar-refractivity contribution in [3.8, 4) is 5.69 Å². The molecule has 4 heterocycles. The molecule has 172 valence electrons. The van der Waals surface area contributed by atoms with Gasteiger partial charge in [0.25, 0.3) is 6.47 Å². The van der Waals surface area contributed by atoms with Gasteiger partial charge in [-0.2, -0.15) is 0 Å². The van der Waals surface area contributed by atoms with Crippen molar-refractivity contribution in [1.29, 1.82) is 0 Å². The standard InChI is InChI=1S/C23H23Cl2N5O3/c24-16-7-6-15-18(28-11-8-26-13-28)12-19(27-22(15)21(16)25)29-10-3-4-17(29)23(32)30-9-2-1-5-20(30)33-14-31/h6-8,11-14,17,20H,1-5,9-10H2/t17-,20?/m0/s1. The van der Waals surface area contributed by atoms with Crippen molar-refractivity contribution in [2.45, 2.75) is 44.4 Å². The fraction of sp³-hybridized carbons (Fsp3) is 0.391. The molecule has 2 aliphatic heterocycles. The van der Waals surface area contributed by atoms with Crippen molar-refractivity contribution in [1.82, 2.24) is 19.4 Å². The summed E-state index contributed by atoms with van der Waals surface area (Å²) >= 11 is 12.8. The number of anilines is 1. The molecule has 2 aromatic heterocycles. The molecule has 10 heteroatoms. The lowest BCUT2D eigenvalue weighted by Crippen LogP contribution is -2.52. The SMILES string of the molecule is O=COC1CCCCN1C(=O)[C@@H]1CCCN1c1cc(-n2ccnc2)c2ccc(Cl)c(Cl)c2n1. The first-order valence-corrected chi connectivity index (χ1v) is 11.8. The molecule has 0 saturated carbocycles. The highest BCUT2D eigenvalue weighted by Gasteiger charge is 2.38. The Hall–Kier alpha value is -2.84. The summed E-state index contributed by atoms with van der Waals surface area (Å²) < 4.78 is 7.11. The summed E-state index contributed by atoms with van der Waals surface area (Å²) in [5, 5.41) is 1.63. The van der Waals surface area contributed by atoms with Gasteiger partial charge in [0.1, 0.15) is 11.9 Å². The molecule has 1 amide bonds. The molecule has 0 N–H and O–H groups in total. The van der Waals surface area contributed by atoms with E-state index >= 15 is 0 Å². The number of rotatable bonds is 5. The molecule has 0 spiro atoms. The lowest BCUT2D eigenvalue weighted by atomic mass is 10.1. The van der Waals surface area contributed by atoms with Crippen LogP contribution in [0, 0.1) is 0 Å². The number of amides is 1. The monoisotopic (exact) mass is 487 g/mol. The Kier molecular flexibility index (Phi) is 6.12. The molecule has 0 radical (unpaired) electrons. The maximum absolute atomic E-state index is 13.6. The third-order valence-corrected chi connectivity index (χ3v) is 7.19. The van der Waals surface area contributed by atoms with Crippen molar-refractivity contribution in [3.63, 3.8) is 0 Å². The molecule has 2 saturated heterocycles. The van der Waals surface area contributed by atoms with Crippen molar-refractivity contribution in [3.05, 3.63) is 47.0 Å². The van der Waals surface area contributed by atoms with Crippen LogP contribution in [0.4, 0.5) is 5.82 Å². The zero-order valence-electron chi connectivity index (χ0n) is 17.9. The molecule has 0 aliphatic carbocycles. The second-order valence-electron chi connectivity index (χ2n) is 8.29. The van der Waals surface area contributed by atoms with Crippen molar-refractivity contribution >= 4 is 52.3 Å². The zero-order chi connectivity index (χ0) is 22.9. The topological polar surface area (TPSA) is 80.6 Å². The Labute approximate surface area is 201 Å². The fourth-order valence-electron chi connectivity index (χ4n) is 4.81. The second kappa shape index (κ2) is 9.19. The van der Waals surface area contributed by atoms with Crippen LogP contribution < -0.4 is 4.90 Å². The molecule has 33 heavy (non-hydrogen) atoms. The number of hydrogen-bond acceptors (Lipinski definition) is 6. The van der Waals surface area contributed by atoms with Crippen LogP contribution in [0.3, 0.4) is 0 Å². The minimum Gasteiger partial charge on any atom is -0.444 e. The molecule has 8 nitrogen and oxygen atoms in total. The van der Waals surface area contributed by atoms with Crippen LogP contribution in [-0.4, -0.2) is 57.2 Å². The van der Waals surface area contributed by atoms with Crippen molar-refractivity contribution in [2.75, 3.05) is 18.0 Å². The summed E-state index contributed by atoms with van der Waals surface area (Å²) in [6, 6.07) is 5.20. The van der Waals surface area contributed by atoms with E-state index in [1.807, 2.05) is 27.8 Å². The van der Waals surface area contributed by atoms with Gasteiger partial charge in [0.15, 0.2) is 6.23 Å². The van der Waals surface area contributed by atoms with E-state index in [4.69, 9.17) is 32.9 Å². The van der Waals surface area contributed by atoms with E-state index in [9.17, 15) is 9.59 Å². The third kappa shape index (κ3) is 4.02. The van der Waals surface area contributed by atoms with Gasteiger partial charge in [-0.1, -0.05) is 23.2 Å². The summed E-state index contributed by atoms with van der Waals surface area (Å²) in [6.07, 6.45) is 8.79. The van der Waals surface area contributed by atoms with E-state index in [1.54, 1.807) is 23.5 Å². The molecule has 2 aliphatic rings. The maximum Gasteiger partial charge on any atom is 0.295 e. The van der Waals surface area contributed by atoms with Gasteiger partial charge in [0.2, 0.25) is 5.91 Å². The predicted molar refractivity (Wildman–Crippen MR) is 126 cm³/mol. The quantitative estimate of drug-likeness (QED) is 0.501. The number of halogens is 2. The third-order valence-electron chi connectivity index (χ3n) is 6.40. The highest BCUT2D eigenvalue weighted by Crippen LogP contribution is 2.36. The first-order chi connectivity index (χ1) is 16.1. The van der Waals surface area contributed by atoms with Gasteiger partial charge in [0.05, 0.1) is 27.6 Å². The summed E-state index contributed by atoms with van der Waals surface area (Å²) in [7, 11) is 0. The largest absolute Gasteiger partial charge is 0.444 e. The normalized spacial score (nSPS) is 20.9. The molecule has 3 aromatic rings. The first kappa shape index (κ1) is 22.0. The number of ether oxygens (including phenoxy) is 1. The molecule has 5 rings (SSSR count). The molecule has 1 unspecified atom stereocenters. The minimum absolute atomic E-state index is 0.0395. The van der Waals surface area contributed by atoms with Crippen molar-refractivity contribution in [2.24, 2.45) is 0 Å². The van der Waals surface area contributed by atoms with Gasteiger partial charge >= 0.3 is 0 Å². The van der Waals surface area contributed by atoms with E-state index in [0.717, 1.165) is 30.3 Å². The van der Waals surface area contributed by atoms with Gasteiger partial charge in [-0.25, -0.2) is 9.97 Å². The molecule has 0 bridgehead atoms. The van der Waals surface area contributed by atoms with Gasteiger partial charge < -0.3 is 19.1 Å². The summed E-state index contributed by atoms with van der Waals surface area (Å²) in [6.45, 7) is 1.69. The van der Waals surface area contributed by atoms with Crippen LogP contribution in [0.15, 0.2) is 36.9 Å². The number of aromatic nitrogens is 3. The number of fused-ring (bicyclic) bond motifs is 1. The number of pyridine rings is 1. The number of carbonyl (C=O) groups excluding carboxylic acids is 2. The van der Waals surface area contributed by atoms with Crippen LogP contribution in [0.2, 0.25) is 10.0 Å². The molecule has 1 aromatic carbocycles. The average molecular weight is 488 g/mol.